The van der Waals surface area contributed by atoms with Crippen molar-refractivity contribution < 1.29 is 22.3 Å². The maximum Gasteiger partial charge on any atom is 0.411 e. The third-order valence-corrected chi connectivity index (χ3v) is 2.90. The Hall–Kier alpha value is -2.56. The number of aromatic nitrogens is 2. The fourth-order valence-corrected chi connectivity index (χ4v) is 1.68. The minimum absolute atomic E-state index is 0.156. The second kappa shape index (κ2) is 10.4. The van der Waals surface area contributed by atoms with Crippen LogP contribution in [0.1, 0.15) is 26.2 Å². The van der Waals surface area contributed by atoms with Crippen molar-refractivity contribution in [3.05, 3.63) is 30.4 Å². The summed E-state index contributed by atoms with van der Waals surface area (Å²) in [5.41, 5.74) is 2.66. The molecule has 1 rings (SSSR count). The van der Waals surface area contributed by atoms with Crippen LogP contribution in [-0.2, 0) is 4.74 Å². The van der Waals surface area contributed by atoms with Crippen LogP contribution in [0.15, 0.2) is 34.0 Å². The summed E-state index contributed by atoms with van der Waals surface area (Å²) in [5.74, 6) is 0.477. The molecule has 11 heteroatoms. The number of hydrazine groups is 1. The highest BCUT2D eigenvalue weighted by Crippen LogP contribution is 2.26. The molecule has 0 aliphatic carbocycles. The van der Waals surface area contributed by atoms with Crippen molar-refractivity contribution in [2.24, 2.45) is 4.99 Å². The number of rotatable bonds is 10. The molecule has 0 spiro atoms. The average Bonchev–Trinajstić information content (AvgIpc) is 3.08. The molecule has 146 valence electrons. The van der Waals surface area contributed by atoms with E-state index in [4.69, 9.17) is 9.15 Å². The Kier molecular flexibility index (Phi) is 8.62. The number of alkyl halides is 3. The molecule has 0 saturated heterocycles. The Bertz CT molecular complexity index is 599. The van der Waals surface area contributed by atoms with Crippen molar-refractivity contribution in [2.75, 3.05) is 14.1 Å². The topological polar surface area (TPSA) is 87.8 Å². The Morgan fingerprint density at radius 2 is 2.15 bits per heavy atom. The van der Waals surface area contributed by atoms with E-state index in [1.165, 1.54) is 30.4 Å². The first-order chi connectivity index (χ1) is 12.3. The lowest BCUT2D eigenvalue weighted by molar-refractivity contribution is -0.146. The summed E-state index contributed by atoms with van der Waals surface area (Å²) >= 11 is 0. The van der Waals surface area contributed by atoms with Crippen LogP contribution in [0.4, 0.5) is 13.2 Å². The quantitative estimate of drug-likeness (QED) is 0.280. The van der Waals surface area contributed by atoms with Crippen LogP contribution in [0.5, 0.6) is 0 Å². The van der Waals surface area contributed by atoms with Gasteiger partial charge in [-0.2, -0.15) is 13.2 Å². The summed E-state index contributed by atoms with van der Waals surface area (Å²) in [5, 5.41) is 11.1. The Balaban J connectivity index is 2.81. The van der Waals surface area contributed by atoms with E-state index in [0.29, 0.717) is 0 Å². The molecule has 0 radical (unpaired) electrons. The van der Waals surface area contributed by atoms with Crippen molar-refractivity contribution in [3.8, 4) is 0 Å². The Morgan fingerprint density at radius 1 is 1.42 bits per heavy atom. The zero-order valence-electron chi connectivity index (χ0n) is 15.0. The minimum Gasteiger partial charge on any atom is -0.477 e. The maximum absolute atomic E-state index is 13.2. The molecule has 0 aromatic carbocycles. The SMILES string of the molecule is CN/C(=C\CC(N=CN(/C=C\c1nnco1)NC)C(F)(F)F)OC(C)C. The van der Waals surface area contributed by atoms with Gasteiger partial charge in [0.2, 0.25) is 12.3 Å². The number of aliphatic imine (C=N–C) groups is 1. The molecule has 0 aliphatic heterocycles. The molecule has 0 amide bonds. The summed E-state index contributed by atoms with van der Waals surface area (Å²) in [6, 6.07) is -1.92. The highest BCUT2D eigenvalue weighted by molar-refractivity contribution is 5.58. The number of halogens is 3. The van der Waals surface area contributed by atoms with E-state index in [9.17, 15) is 13.2 Å². The molecular formula is C15H23F3N6O2. The van der Waals surface area contributed by atoms with Gasteiger partial charge in [-0.25, -0.2) is 5.43 Å². The van der Waals surface area contributed by atoms with Crippen molar-refractivity contribution in [2.45, 2.75) is 38.6 Å². The largest absolute Gasteiger partial charge is 0.477 e. The van der Waals surface area contributed by atoms with Crippen LogP contribution < -0.4 is 10.7 Å². The Morgan fingerprint density at radius 3 is 2.65 bits per heavy atom. The lowest BCUT2D eigenvalue weighted by Gasteiger charge is -2.18. The minimum atomic E-state index is -4.50. The summed E-state index contributed by atoms with van der Waals surface area (Å²) in [4.78, 5) is 3.62. The van der Waals surface area contributed by atoms with Gasteiger partial charge in [-0.15, -0.1) is 10.2 Å². The van der Waals surface area contributed by atoms with Gasteiger partial charge in [-0.3, -0.25) is 10.0 Å². The highest BCUT2D eigenvalue weighted by atomic mass is 19.4. The third-order valence-electron chi connectivity index (χ3n) is 2.90. The summed E-state index contributed by atoms with van der Waals surface area (Å²) in [6.07, 6.45) is 1.30. The predicted octanol–water partition coefficient (Wildman–Crippen LogP) is 2.31. The van der Waals surface area contributed by atoms with E-state index in [1.54, 1.807) is 20.9 Å². The number of ether oxygens (including phenoxy) is 1. The van der Waals surface area contributed by atoms with Gasteiger partial charge in [0.1, 0.15) is 6.34 Å². The molecule has 8 nitrogen and oxygen atoms in total. The van der Waals surface area contributed by atoms with Gasteiger partial charge in [0.05, 0.1) is 6.10 Å². The van der Waals surface area contributed by atoms with Gasteiger partial charge < -0.3 is 14.5 Å². The number of hydrogen-bond acceptors (Lipinski definition) is 7. The van der Waals surface area contributed by atoms with Crippen LogP contribution >= 0.6 is 0 Å². The van der Waals surface area contributed by atoms with E-state index >= 15 is 0 Å². The molecule has 2 N–H and O–H groups in total. The van der Waals surface area contributed by atoms with Gasteiger partial charge >= 0.3 is 6.18 Å². The zero-order chi connectivity index (χ0) is 19.6. The van der Waals surface area contributed by atoms with Crippen molar-refractivity contribution in [3.63, 3.8) is 0 Å². The first-order valence-electron chi connectivity index (χ1n) is 7.81. The molecule has 0 aliphatic rings. The molecular weight excluding hydrogens is 353 g/mol. The average molecular weight is 376 g/mol. The Labute approximate surface area is 149 Å². The smallest absolute Gasteiger partial charge is 0.411 e. The van der Waals surface area contributed by atoms with Gasteiger partial charge in [-0.05, 0) is 19.9 Å². The zero-order valence-corrected chi connectivity index (χ0v) is 15.0. The first kappa shape index (κ1) is 21.5. The van der Waals surface area contributed by atoms with Gasteiger partial charge in [0.25, 0.3) is 0 Å². The number of nitrogens with zero attached hydrogens (tertiary/aromatic N) is 4. The molecule has 1 aromatic heterocycles. The standard InChI is InChI=1S/C15H23F3N6O2/c1-11(2)26-13(19-3)6-5-12(15(16,17)18)21-9-24(20-4)8-7-14-23-22-10-25-14/h6-12,19-20H,5H2,1-4H3/b8-7-,13-6+,21-9?. The molecule has 1 heterocycles. The van der Waals surface area contributed by atoms with E-state index < -0.39 is 12.2 Å². The molecule has 1 unspecified atom stereocenters. The number of hydrogen-bond donors (Lipinski definition) is 2. The lowest BCUT2D eigenvalue weighted by atomic mass is 10.2. The van der Waals surface area contributed by atoms with Crippen molar-refractivity contribution in [1.29, 1.82) is 0 Å². The fraction of sp³-hybridized carbons (Fsp3) is 0.533. The maximum atomic E-state index is 13.2. The van der Waals surface area contributed by atoms with E-state index in [1.807, 2.05) is 0 Å². The predicted molar refractivity (Wildman–Crippen MR) is 90.5 cm³/mol. The third kappa shape index (κ3) is 8.01. The lowest BCUT2D eigenvalue weighted by Crippen LogP contribution is -2.32. The highest BCUT2D eigenvalue weighted by Gasteiger charge is 2.38. The van der Waals surface area contributed by atoms with Crippen LogP contribution in [0, 0.1) is 0 Å². The van der Waals surface area contributed by atoms with Crippen molar-refractivity contribution in [1.82, 2.24) is 25.9 Å². The van der Waals surface area contributed by atoms with Crippen molar-refractivity contribution >= 4 is 12.4 Å². The molecule has 26 heavy (non-hydrogen) atoms. The molecule has 0 saturated carbocycles. The van der Waals surface area contributed by atoms with Crippen LogP contribution in [0.25, 0.3) is 6.08 Å². The second-order valence-electron chi connectivity index (χ2n) is 5.27. The normalized spacial score (nSPS) is 14.4. The monoisotopic (exact) mass is 376 g/mol. The van der Waals surface area contributed by atoms with Crippen LogP contribution in [0.3, 0.4) is 0 Å². The summed E-state index contributed by atoms with van der Waals surface area (Å²) < 4.78 is 49.9. The van der Waals surface area contributed by atoms with E-state index in [-0.39, 0.29) is 24.3 Å². The van der Waals surface area contributed by atoms with E-state index in [0.717, 1.165) is 12.7 Å². The molecule has 0 fully saturated rings. The number of nitrogens with one attached hydrogen (secondary N) is 2. The second-order valence-corrected chi connectivity index (χ2v) is 5.27. The van der Waals surface area contributed by atoms with Gasteiger partial charge in [0, 0.05) is 32.8 Å². The first-order valence-corrected chi connectivity index (χ1v) is 7.81. The molecule has 0 bridgehead atoms. The van der Waals surface area contributed by atoms with Crippen LogP contribution in [0.2, 0.25) is 0 Å². The molecule has 1 aromatic rings. The summed E-state index contributed by atoms with van der Waals surface area (Å²) in [7, 11) is 3.10. The molecule has 1 atom stereocenters. The van der Waals surface area contributed by atoms with Gasteiger partial charge in [0.15, 0.2) is 11.9 Å². The van der Waals surface area contributed by atoms with Gasteiger partial charge in [-0.1, -0.05) is 0 Å². The van der Waals surface area contributed by atoms with E-state index in [2.05, 4.69) is 25.9 Å². The summed E-state index contributed by atoms with van der Waals surface area (Å²) in [6.45, 7) is 3.57. The fourth-order valence-electron chi connectivity index (χ4n) is 1.68. The van der Waals surface area contributed by atoms with Crippen LogP contribution in [-0.4, -0.2) is 54.0 Å².